The lowest BCUT2D eigenvalue weighted by Crippen LogP contribution is -2.16. The summed E-state index contributed by atoms with van der Waals surface area (Å²) in [5.41, 5.74) is 1.85. The van der Waals surface area contributed by atoms with E-state index in [9.17, 15) is 0 Å². The van der Waals surface area contributed by atoms with Gasteiger partial charge in [-0.15, -0.1) is 0 Å². The number of rotatable bonds is 9. The Morgan fingerprint density at radius 2 is 1.84 bits per heavy atom. The van der Waals surface area contributed by atoms with Crippen LogP contribution in [0.2, 0.25) is 0 Å². The first-order valence-electron chi connectivity index (χ1n) is 8.70. The zero-order valence-corrected chi connectivity index (χ0v) is 15.8. The second-order valence-corrected chi connectivity index (χ2v) is 6.62. The minimum Gasteiger partial charge on any atom is -0.491 e. The molecule has 2 rings (SSSR count). The molecule has 0 aliphatic heterocycles. The molecule has 0 saturated heterocycles. The van der Waals surface area contributed by atoms with Gasteiger partial charge in [0.1, 0.15) is 11.6 Å². The Kier molecular flexibility index (Phi) is 7.01. The number of aromatic nitrogens is 2. The topological polar surface area (TPSA) is 62.3 Å². The van der Waals surface area contributed by atoms with E-state index in [2.05, 4.69) is 39.6 Å². The molecule has 1 aromatic heterocycles. The molecule has 2 aromatic rings. The Hall–Kier alpha value is -2.34. The van der Waals surface area contributed by atoms with Crippen molar-refractivity contribution < 1.29 is 4.74 Å². The van der Waals surface area contributed by atoms with Crippen LogP contribution in [-0.4, -0.2) is 48.2 Å². The Bertz CT molecular complexity index is 655. The molecule has 0 aliphatic carbocycles. The summed E-state index contributed by atoms with van der Waals surface area (Å²) in [7, 11) is 4.16. The summed E-state index contributed by atoms with van der Waals surface area (Å²) < 4.78 is 5.66. The van der Waals surface area contributed by atoms with Crippen LogP contribution < -0.4 is 15.4 Å². The fourth-order valence-corrected chi connectivity index (χ4v) is 2.34. The van der Waals surface area contributed by atoms with E-state index >= 15 is 0 Å². The molecule has 1 heterocycles. The fraction of sp³-hybridized carbons (Fsp3) is 0.474. The highest BCUT2D eigenvalue weighted by atomic mass is 16.5. The van der Waals surface area contributed by atoms with Crippen LogP contribution in [0.1, 0.15) is 26.0 Å². The van der Waals surface area contributed by atoms with Crippen LogP contribution in [-0.2, 0) is 0 Å². The van der Waals surface area contributed by atoms with Crippen molar-refractivity contribution in [1.29, 1.82) is 0 Å². The van der Waals surface area contributed by atoms with E-state index in [-0.39, 0.29) is 6.10 Å². The smallest absolute Gasteiger partial charge is 0.229 e. The summed E-state index contributed by atoms with van der Waals surface area (Å²) in [5, 5.41) is 6.61. The second kappa shape index (κ2) is 9.22. The lowest BCUT2D eigenvalue weighted by Gasteiger charge is -2.12. The van der Waals surface area contributed by atoms with Crippen LogP contribution in [0.4, 0.5) is 17.5 Å². The molecular formula is C19H29N5O. The number of nitrogens with one attached hydrogen (secondary N) is 2. The van der Waals surface area contributed by atoms with Gasteiger partial charge in [0.2, 0.25) is 5.95 Å². The zero-order valence-electron chi connectivity index (χ0n) is 15.8. The minimum absolute atomic E-state index is 0.167. The number of nitrogens with zero attached hydrogens (tertiary/aromatic N) is 3. The third-order valence-corrected chi connectivity index (χ3v) is 3.42. The predicted molar refractivity (Wildman–Crippen MR) is 104 cm³/mol. The highest BCUT2D eigenvalue weighted by Gasteiger charge is 2.04. The predicted octanol–water partition coefficient (Wildman–Crippen LogP) is 3.68. The van der Waals surface area contributed by atoms with E-state index in [0.717, 1.165) is 42.5 Å². The molecule has 0 aliphatic rings. The van der Waals surface area contributed by atoms with E-state index < -0.39 is 0 Å². The van der Waals surface area contributed by atoms with Crippen molar-refractivity contribution in [3.8, 4) is 5.75 Å². The molecule has 0 fully saturated rings. The quantitative estimate of drug-likeness (QED) is 0.677. The van der Waals surface area contributed by atoms with Crippen molar-refractivity contribution in [3.63, 3.8) is 0 Å². The number of benzene rings is 1. The van der Waals surface area contributed by atoms with Crippen molar-refractivity contribution in [1.82, 2.24) is 14.9 Å². The molecule has 0 bridgehead atoms. The summed E-state index contributed by atoms with van der Waals surface area (Å²) in [6.45, 7) is 7.93. The van der Waals surface area contributed by atoms with Gasteiger partial charge in [-0.1, -0.05) is 0 Å². The summed E-state index contributed by atoms with van der Waals surface area (Å²) >= 11 is 0. The standard InChI is InChI=1S/C19H29N5O/c1-14(2)25-17-9-7-16(8-10-17)22-19-21-15(3)13-18(23-19)20-11-6-12-24(4)5/h7-10,13-14H,6,11-12H2,1-5H3,(H2,20,21,22,23). The average molecular weight is 343 g/mol. The lowest BCUT2D eigenvalue weighted by molar-refractivity contribution is 0.242. The molecule has 0 spiro atoms. The van der Waals surface area contributed by atoms with Crippen LogP contribution in [0.3, 0.4) is 0 Å². The summed E-state index contributed by atoms with van der Waals surface area (Å²) in [4.78, 5) is 11.2. The van der Waals surface area contributed by atoms with Gasteiger partial charge in [-0.3, -0.25) is 0 Å². The van der Waals surface area contributed by atoms with E-state index in [4.69, 9.17) is 4.74 Å². The monoisotopic (exact) mass is 343 g/mol. The molecule has 0 saturated carbocycles. The normalized spacial score (nSPS) is 11.0. The van der Waals surface area contributed by atoms with Crippen molar-refractivity contribution in [2.75, 3.05) is 37.8 Å². The third kappa shape index (κ3) is 6.97. The number of anilines is 3. The maximum absolute atomic E-state index is 5.66. The summed E-state index contributed by atoms with van der Waals surface area (Å²) in [6.07, 6.45) is 1.23. The molecule has 136 valence electrons. The lowest BCUT2D eigenvalue weighted by atomic mass is 10.3. The van der Waals surface area contributed by atoms with Gasteiger partial charge in [0.15, 0.2) is 0 Å². The molecule has 1 aromatic carbocycles. The Morgan fingerprint density at radius 3 is 2.48 bits per heavy atom. The summed E-state index contributed by atoms with van der Waals surface area (Å²) in [5.74, 6) is 2.29. The highest BCUT2D eigenvalue weighted by molar-refractivity contribution is 5.56. The van der Waals surface area contributed by atoms with Crippen LogP contribution in [0.5, 0.6) is 5.75 Å². The van der Waals surface area contributed by atoms with Gasteiger partial charge in [-0.25, -0.2) is 4.98 Å². The van der Waals surface area contributed by atoms with Crippen molar-refractivity contribution in [2.24, 2.45) is 0 Å². The Balaban J connectivity index is 1.97. The highest BCUT2D eigenvalue weighted by Crippen LogP contribution is 2.20. The second-order valence-electron chi connectivity index (χ2n) is 6.62. The SMILES string of the molecule is Cc1cc(NCCCN(C)C)nc(Nc2ccc(OC(C)C)cc2)n1. The number of hydrogen-bond donors (Lipinski definition) is 2. The first-order valence-corrected chi connectivity index (χ1v) is 8.70. The number of aryl methyl sites for hydroxylation is 1. The minimum atomic E-state index is 0.167. The molecule has 0 atom stereocenters. The van der Waals surface area contributed by atoms with E-state index in [1.54, 1.807) is 0 Å². The van der Waals surface area contributed by atoms with Gasteiger partial charge in [-0.2, -0.15) is 4.98 Å². The van der Waals surface area contributed by atoms with Gasteiger partial charge in [-0.05, 0) is 72.1 Å². The third-order valence-electron chi connectivity index (χ3n) is 3.42. The molecular weight excluding hydrogens is 314 g/mol. The Morgan fingerprint density at radius 1 is 1.12 bits per heavy atom. The van der Waals surface area contributed by atoms with Crippen LogP contribution in [0.15, 0.2) is 30.3 Å². The van der Waals surface area contributed by atoms with Gasteiger partial charge in [0.05, 0.1) is 6.10 Å². The molecule has 0 radical (unpaired) electrons. The van der Waals surface area contributed by atoms with E-state index in [1.807, 2.05) is 51.1 Å². The molecule has 6 heteroatoms. The number of ether oxygens (including phenoxy) is 1. The summed E-state index contributed by atoms with van der Waals surface area (Å²) in [6, 6.07) is 9.78. The van der Waals surface area contributed by atoms with Gasteiger partial charge in [0, 0.05) is 24.0 Å². The Labute approximate surface area is 150 Å². The van der Waals surface area contributed by atoms with Crippen LogP contribution in [0.25, 0.3) is 0 Å². The van der Waals surface area contributed by atoms with Gasteiger partial charge >= 0.3 is 0 Å². The molecule has 6 nitrogen and oxygen atoms in total. The molecule has 2 N–H and O–H groups in total. The van der Waals surface area contributed by atoms with Crippen LogP contribution >= 0.6 is 0 Å². The zero-order chi connectivity index (χ0) is 18.2. The van der Waals surface area contributed by atoms with Gasteiger partial charge < -0.3 is 20.3 Å². The fourth-order valence-electron chi connectivity index (χ4n) is 2.34. The maximum Gasteiger partial charge on any atom is 0.229 e. The maximum atomic E-state index is 5.66. The number of hydrogen-bond acceptors (Lipinski definition) is 6. The van der Waals surface area contributed by atoms with Gasteiger partial charge in [0.25, 0.3) is 0 Å². The average Bonchev–Trinajstić information content (AvgIpc) is 2.52. The van der Waals surface area contributed by atoms with E-state index in [1.165, 1.54) is 0 Å². The van der Waals surface area contributed by atoms with E-state index in [0.29, 0.717) is 5.95 Å². The van der Waals surface area contributed by atoms with Crippen molar-refractivity contribution >= 4 is 17.5 Å². The first kappa shape index (κ1) is 19.0. The first-order chi connectivity index (χ1) is 11.9. The molecule has 0 unspecified atom stereocenters. The van der Waals surface area contributed by atoms with Crippen LogP contribution in [0, 0.1) is 6.92 Å². The van der Waals surface area contributed by atoms with Crippen molar-refractivity contribution in [3.05, 3.63) is 36.0 Å². The molecule has 25 heavy (non-hydrogen) atoms. The molecule has 0 amide bonds. The van der Waals surface area contributed by atoms with Crippen molar-refractivity contribution in [2.45, 2.75) is 33.3 Å². The largest absolute Gasteiger partial charge is 0.491 e.